The van der Waals surface area contributed by atoms with E-state index in [4.69, 9.17) is 46.4 Å². The molecule has 0 aliphatic rings. The molecule has 0 saturated heterocycles. The summed E-state index contributed by atoms with van der Waals surface area (Å²) >= 11 is 26.3. The van der Waals surface area contributed by atoms with Gasteiger partial charge in [0.25, 0.3) is 0 Å². The van der Waals surface area contributed by atoms with Crippen LogP contribution in [0, 0.1) is 0 Å². The van der Waals surface area contributed by atoms with Gasteiger partial charge >= 0.3 is 0 Å². The number of thioether (sulfide) groups is 1. The lowest BCUT2D eigenvalue weighted by molar-refractivity contribution is 1.16. The van der Waals surface area contributed by atoms with E-state index in [0.29, 0.717) is 10.7 Å². The highest BCUT2D eigenvalue weighted by atomic mass is 35.6. The van der Waals surface area contributed by atoms with Crippen LogP contribution in [-0.4, -0.2) is 4.37 Å². The summed E-state index contributed by atoms with van der Waals surface area (Å²) in [6.45, 7) is 0. The van der Waals surface area contributed by atoms with Crippen molar-refractivity contribution >= 4 is 69.7 Å². The molecule has 7 heteroatoms. The van der Waals surface area contributed by atoms with Crippen molar-refractivity contribution in [1.82, 2.24) is 4.37 Å². The fourth-order valence-corrected chi connectivity index (χ4v) is 4.25. The zero-order chi connectivity index (χ0) is 13.2. The Morgan fingerprint density at radius 3 is 2.39 bits per heavy atom. The normalized spacial score (nSPS) is 11.8. The molecule has 0 spiro atoms. The van der Waals surface area contributed by atoms with E-state index in [1.807, 2.05) is 18.2 Å². The first-order chi connectivity index (χ1) is 8.48. The Labute approximate surface area is 134 Å². The van der Waals surface area contributed by atoms with Crippen molar-refractivity contribution in [3.8, 4) is 0 Å². The molecule has 18 heavy (non-hydrogen) atoms. The first-order valence-corrected chi connectivity index (χ1v) is 8.14. The zero-order valence-corrected chi connectivity index (χ0v) is 13.5. The Hall–Kier alpha value is 0.360. The largest absolute Gasteiger partial charge is 0.235 e. The van der Waals surface area contributed by atoms with Gasteiger partial charge in [0.1, 0.15) is 9.90 Å². The van der Waals surface area contributed by atoms with Gasteiger partial charge in [-0.15, -0.1) is 11.8 Å². The third-order valence-corrected chi connectivity index (χ3v) is 5.38. The van der Waals surface area contributed by atoms with Crippen LogP contribution in [0.3, 0.4) is 0 Å². The van der Waals surface area contributed by atoms with Gasteiger partial charge in [-0.1, -0.05) is 76.7 Å². The summed E-state index contributed by atoms with van der Waals surface area (Å²) in [6.07, 6.45) is 0. The predicted molar refractivity (Wildman–Crippen MR) is 82.4 cm³/mol. The molecular weight excluding hydrogens is 352 g/mol. The highest BCUT2D eigenvalue weighted by Crippen LogP contribution is 2.46. The molecule has 1 aromatic carbocycles. The molecule has 2 rings (SSSR count). The maximum absolute atomic E-state index is 6.15. The molecule has 0 radical (unpaired) electrons. The Morgan fingerprint density at radius 1 is 1.17 bits per heavy atom. The number of nitrogens with zero attached hydrogens (tertiary/aromatic N) is 1. The minimum atomic E-state index is -1.57. The average Bonchev–Trinajstić information content (AvgIpc) is 2.69. The molecule has 2 aromatic rings. The molecule has 0 fully saturated rings. The summed E-state index contributed by atoms with van der Waals surface area (Å²) in [4.78, 5) is 0. The lowest BCUT2D eigenvalue weighted by Crippen LogP contribution is -2.00. The number of rotatable bonds is 3. The maximum Gasteiger partial charge on any atom is 0.235 e. The van der Waals surface area contributed by atoms with Crippen LogP contribution in [0.5, 0.6) is 0 Å². The number of hydrogen-bond donors (Lipinski definition) is 0. The van der Waals surface area contributed by atoms with Crippen molar-refractivity contribution in [2.45, 2.75) is 13.8 Å². The topological polar surface area (TPSA) is 12.9 Å². The van der Waals surface area contributed by atoms with Gasteiger partial charge in [-0.25, -0.2) is 0 Å². The summed E-state index contributed by atoms with van der Waals surface area (Å²) in [7, 11) is 0. The van der Waals surface area contributed by atoms with E-state index in [0.717, 1.165) is 9.96 Å². The van der Waals surface area contributed by atoms with Gasteiger partial charge in [-0.05, 0) is 17.1 Å². The van der Waals surface area contributed by atoms with Crippen LogP contribution in [0.2, 0.25) is 5.02 Å². The second kappa shape index (κ2) is 6.21. The van der Waals surface area contributed by atoms with Crippen LogP contribution in [0.15, 0.2) is 34.5 Å². The number of hydrogen-bond acceptors (Lipinski definition) is 3. The fourth-order valence-electron chi connectivity index (χ4n) is 1.25. The molecule has 0 aliphatic carbocycles. The van der Waals surface area contributed by atoms with E-state index in [9.17, 15) is 0 Å². The van der Waals surface area contributed by atoms with Crippen LogP contribution >= 0.6 is 69.7 Å². The van der Waals surface area contributed by atoms with Gasteiger partial charge in [0.15, 0.2) is 0 Å². The monoisotopic (exact) mass is 357 g/mol. The SMILES string of the molecule is Clc1c(C(Cl)(Cl)Cl)nsc1SCc1ccccc1. The molecule has 0 aliphatic heterocycles. The van der Waals surface area contributed by atoms with E-state index in [2.05, 4.69) is 16.5 Å². The van der Waals surface area contributed by atoms with Crippen molar-refractivity contribution in [2.75, 3.05) is 0 Å². The van der Waals surface area contributed by atoms with E-state index in [1.165, 1.54) is 17.1 Å². The molecule has 0 unspecified atom stereocenters. The van der Waals surface area contributed by atoms with Crippen molar-refractivity contribution in [2.24, 2.45) is 0 Å². The molecule has 0 N–H and O–H groups in total. The Balaban J connectivity index is 2.10. The van der Waals surface area contributed by atoms with Crippen molar-refractivity contribution < 1.29 is 0 Å². The maximum atomic E-state index is 6.15. The van der Waals surface area contributed by atoms with Gasteiger partial charge in [0.05, 0.1) is 5.02 Å². The minimum absolute atomic E-state index is 0.301. The summed E-state index contributed by atoms with van der Waals surface area (Å²) in [5.41, 5.74) is 1.51. The van der Waals surface area contributed by atoms with Gasteiger partial charge in [0.2, 0.25) is 3.79 Å². The zero-order valence-electron chi connectivity index (χ0n) is 8.87. The van der Waals surface area contributed by atoms with Gasteiger partial charge < -0.3 is 0 Å². The summed E-state index contributed by atoms with van der Waals surface area (Å²) in [6, 6.07) is 10.1. The van der Waals surface area contributed by atoms with Gasteiger partial charge in [-0.3, -0.25) is 0 Å². The highest BCUT2D eigenvalue weighted by Gasteiger charge is 2.30. The first-order valence-electron chi connectivity index (χ1n) is 4.87. The van der Waals surface area contributed by atoms with Crippen LogP contribution in [0.25, 0.3) is 0 Å². The second-order valence-corrected chi connectivity index (χ2v) is 8.08. The number of halogens is 4. The summed E-state index contributed by atoms with van der Waals surface area (Å²) in [5.74, 6) is 0.808. The molecule has 96 valence electrons. The van der Waals surface area contributed by atoms with Crippen molar-refractivity contribution in [3.63, 3.8) is 0 Å². The first kappa shape index (κ1) is 14.8. The number of alkyl halides is 3. The van der Waals surface area contributed by atoms with E-state index in [1.54, 1.807) is 11.8 Å². The minimum Gasteiger partial charge on any atom is -0.190 e. The predicted octanol–water partition coefficient (Wildman–Crippen LogP) is 5.92. The summed E-state index contributed by atoms with van der Waals surface area (Å²) in [5, 5.41) is 0.431. The molecule has 1 aromatic heterocycles. The van der Waals surface area contributed by atoms with Crippen LogP contribution in [0.4, 0.5) is 0 Å². The molecule has 0 saturated carbocycles. The van der Waals surface area contributed by atoms with Crippen molar-refractivity contribution in [1.29, 1.82) is 0 Å². The highest BCUT2D eigenvalue weighted by molar-refractivity contribution is 8.00. The van der Waals surface area contributed by atoms with Crippen LogP contribution in [0.1, 0.15) is 11.3 Å². The van der Waals surface area contributed by atoms with E-state index in [-0.39, 0.29) is 0 Å². The number of benzene rings is 1. The fraction of sp³-hybridized carbons (Fsp3) is 0.182. The van der Waals surface area contributed by atoms with Crippen molar-refractivity contribution in [3.05, 3.63) is 46.6 Å². The molecule has 1 nitrogen and oxygen atoms in total. The average molecular weight is 359 g/mol. The van der Waals surface area contributed by atoms with E-state index < -0.39 is 3.79 Å². The van der Waals surface area contributed by atoms with Crippen LogP contribution in [-0.2, 0) is 9.55 Å². The second-order valence-electron chi connectivity index (χ2n) is 3.40. The molecule has 0 atom stereocenters. The lowest BCUT2D eigenvalue weighted by atomic mass is 10.2. The third-order valence-electron chi connectivity index (χ3n) is 2.09. The Morgan fingerprint density at radius 2 is 1.83 bits per heavy atom. The smallest absolute Gasteiger partial charge is 0.190 e. The summed E-state index contributed by atoms with van der Waals surface area (Å²) < 4.78 is 3.38. The lowest BCUT2D eigenvalue weighted by Gasteiger charge is -2.07. The van der Waals surface area contributed by atoms with E-state index >= 15 is 0 Å². The Kier molecular flexibility index (Phi) is 5.09. The van der Waals surface area contributed by atoms with Crippen LogP contribution < -0.4 is 0 Å². The standard InChI is InChI=1S/C11H7Cl4NS2/c12-8-9(11(13,14)15)16-18-10(8)17-6-7-4-2-1-3-5-7/h1-5H,6H2. The van der Waals surface area contributed by atoms with Gasteiger partial charge in [0, 0.05) is 5.75 Å². The molecule has 0 amide bonds. The molecule has 1 heterocycles. The third kappa shape index (κ3) is 3.69. The van der Waals surface area contributed by atoms with Gasteiger partial charge in [-0.2, -0.15) is 4.37 Å². The quantitative estimate of drug-likeness (QED) is 0.499. The molecular formula is C11H7Cl4NS2. The number of aromatic nitrogens is 1. The molecule has 0 bridgehead atoms. The Bertz CT molecular complexity index is 522.